The number of unbranched alkanes of at least 4 members (excludes halogenated alkanes) is 18. The van der Waals surface area contributed by atoms with Crippen molar-refractivity contribution in [2.24, 2.45) is 0 Å². The lowest BCUT2D eigenvalue weighted by Crippen LogP contribution is -2.30. The Morgan fingerprint density at radius 2 is 0.650 bits per heavy atom. The van der Waals surface area contributed by atoms with Gasteiger partial charge in [0.1, 0.15) is 13.2 Å². The fraction of sp³-hybridized carbons (Fsp3) is 0.685. The first kappa shape index (κ1) is 56.6. The number of carbonyl (C=O) groups excluding carboxylic acids is 3. The molecule has 342 valence electrons. The molecule has 0 rings (SSSR count). The van der Waals surface area contributed by atoms with Gasteiger partial charge in [0.2, 0.25) is 0 Å². The van der Waals surface area contributed by atoms with E-state index in [4.69, 9.17) is 14.2 Å². The molecule has 6 nitrogen and oxygen atoms in total. The van der Waals surface area contributed by atoms with Crippen molar-refractivity contribution in [3.63, 3.8) is 0 Å². The predicted octanol–water partition coefficient (Wildman–Crippen LogP) is 16.0. The fourth-order valence-electron chi connectivity index (χ4n) is 6.50. The zero-order valence-corrected chi connectivity index (χ0v) is 38.9. The summed E-state index contributed by atoms with van der Waals surface area (Å²) in [6.45, 7) is 6.35. The van der Waals surface area contributed by atoms with E-state index in [1.165, 1.54) is 57.8 Å². The molecule has 0 saturated heterocycles. The monoisotopic (exact) mass is 835 g/mol. The minimum Gasteiger partial charge on any atom is -0.462 e. The Labute approximate surface area is 369 Å². The zero-order valence-electron chi connectivity index (χ0n) is 38.9. The van der Waals surface area contributed by atoms with Crippen molar-refractivity contribution < 1.29 is 28.6 Å². The molecule has 0 aromatic carbocycles. The molecule has 0 aromatic rings. The smallest absolute Gasteiger partial charge is 0.306 e. The highest BCUT2D eigenvalue weighted by atomic mass is 16.6. The van der Waals surface area contributed by atoms with Gasteiger partial charge in [-0.3, -0.25) is 14.4 Å². The third kappa shape index (κ3) is 45.7. The molecule has 1 atom stereocenters. The molecular formula is C54H90O6. The standard InChI is InChI=1S/C54H90O6/c1-4-7-10-13-16-19-22-25-26-27-28-30-32-35-38-41-44-47-53(56)59-50-51(49-58-52(55)46-43-40-37-34-31-24-21-18-15-12-9-6-3)60-54(57)48-45-42-39-36-33-29-23-20-17-14-11-8-5-2/h7-8,10-11,16-17,19-20,25-26,28-30,33,51H,4-6,9,12-15,18,21-24,27,31-32,34-50H2,1-3H3/b10-7-,11-8-,19-16-,20-17-,26-25-,30-28-,33-29-. The Bertz CT molecular complexity index is 1190. The third-order valence-corrected chi connectivity index (χ3v) is 10.1. The van der Waals surface area contributed by atoms with Crippen LogP contribution in [0, 0.1) is 0 Å². The summed E-state index contributed by atoms with van der Waals surface area (Å²) >= 11 is 0. The molecule has 0 saturated carbocycles. The first-order chi connectivity index (χ1) is 29.5. The second-order valence-corrected chi connectivity index (χ2v) is 16.0. The number of carbonyl (C=O) groups is 3. The summed E-state index contributed by atoms with van der Waals surface area (Å²) in [4.78, 5) is 37.9. The van der Waals surface area contributed by atoms with Crippen LogP contribution < -0.4 is 0 Å². The SMILES string of the molecule is CC/C=C\C/C=C\C/C=C\C/C=C\CCCCCCC(=O)OCC(COC(=O)CCCCCCCCCCCCCC)OC(=O)CCCCC/C=C\C/C=C\C/C=C\CC. The molecular weight excluding hydrogens is 745 g/mol. The molecule has 0 bridgehead atoms. The van der Waals surface area contributed by atoms with Crippen LogP contribution in [0.1, 0.15) is 220 Å². The van der Waals surface area contributed by atoms with Crippen molar-refractivity contribution in [2.45, 2.75) is 226 Å². The normalized spacial score (nSPS) is 12.8. The summed E-state index contributed by atoms with van der Waals surface area (Å²) in [6.07, 6.45) is 61.4. The van der Waals surface area contributed by atoms with Gasteiger partial charge in [-0.15, -0.1) is 0 Å². The molecule has 6 heteroatoms. The van der Waals surface area contributed by atoms with Crippen LogP contribution in [0.3, 0.4) is 0 Å². The molecule has 60 heavy (non-hydrogen) atoms. The summed E-state index contributed by atoms with van der Waals surface area (Å²) in [5.41, 5.74) is 0. The van der Waals surface area contributed by atoms with E-state index in [2.05, 4.69) is 106 Å². The maximum Gasteiger partial charge on any atom is 0.306 e. The molecule has 0 N–H and O–H groups in total. The third-order valence-electron chi connectivity index (χ3n) is 10.1. The summed E-state index contributed by atoms with van der Waals surface area (Å²) in [6, 6.07) is 0. The Morgan fingerprint density at radius 3 is 1.03 bits per heavy atom. The fourth-order valence-corrected chi connectivity index (χ4v) is 6.50. The van der Waals surface area contributed by atoms with Gasteiger partial charge in [0.25, 0.3) is 0 Å². The van der Waals surface area contributed by atoms with E-state index in [0.29, 0.717) is 12.8 Å². The number of esters is 3. The molecule has 0 aliphatic rings. The highest BCUT2D eigenvalue weighted by Crippen LogP contribution is 2.14. The van der Waals surface area contributed by atoms with Crippen LogP contribution in [0.25, 0.3) is 0 Å². The van der Waals surface area contributed by atoms with E-state index in [1.807, 2.05) is 0 Å². The van der Waals surface area contributed by atoms with Gasteiger partial charge in [0.15, 0.2) is 6.10 Å². The van der Waals surface area contributed by atoms with Crippen LogP contribution in [0.2, 0.25) is 0 Å². The number of rotatable bonds is 43. The first-order valence-electron chi connectivity index (χ1n) is 24.6. The van der Waals surface area contributed by atoms with Gasteiger partial charge in [-0.2, -0.15) is 0 Å². The quantitative estimate of drug-likeness (QED) is 0.0263. The predicted molar refractivity (Wildman–Crippen MR) is 256 cm³/mol. The van der Waals surface area contributed by atoms with E-state index in [-0.39, 0.29) is 37.5 Å². The summed E-state index contributed by atoms with van der Waals surface area (Å²) < 4.78 is 16.7. The van der Waals surface area contributed by atoms with Crippen molar-refractivity contribution >= 4 is 17.9 Å². The molecule has 0 aromatic heterocycles. The van der Waals surface area contributed by atoms with E-state index < -0.39 is 6.10 Å². The number of ether oxygens (including phenoxy) is 3. The minimum atomic E-state index is -0.799. The summed E-state index contributed by atoms with van der Waals surface area (Å²) in [7, 11) is 0. The van der Waals surface area contributed by atoms with Crippen LogP contribution in [-0.4, -0.2) is 37.2 Å². The number of hydrogen-bond donors (Lipinski definition) is 0. The van der Waals surface area contributed by atoms with E-state index in [9.17, 15) is 14.4 Å². The van der Waals surface area contributed by atoms with Crippen LogP contribution in [-0.2, 0) is 28.6 Å². The lowest BCUT2D eigenvalue weighted by Gasteiger charge is -2.18. The van der Waals surface area contributed by atoms with Crippen LogP contribution in [0.15, 0.2) is 85.1 Å². The van der Waals surface area contributed by atoms with Crippen molar-refractivity contribution in [3.05, 3.63) is 85.1 Å². The second-order valence-electron chi connectivity index (χ2n) is 16.0. The first-order valence-corrected chi connectivity index (χ1v) is 24.6. The highest BCUT2D eigenvalue weighted by Gasteiger charge is 2.19. The van der Waals surface area contributed by atoms with Gasteiger partial charge in [0, 0.05) is 19.3 Å². The molecule has 0 aliphatic heterocycles. The number of allylic oxidation sites excluding steroid dienone is 14. The largest absolute Gasteiger partial charge is 0.462 e. The van der Waals surface area contributed by atoms with Crippen LogP contribution in [0.4, 0.5) is 0 Å². The number of hydrogen-bond acceptors (Lipinski definition) is 6. The Hall–Kier alpha value is -3.41. The maximum absolute atomic E-state index is 12.7. The average molecular weight is 835 g/mol. The Morgan fingerprint density at radius 1 is 0.350 bits per heavy atom. The van der Waals surface area contributed by atoms with E-state index in [0.717, 1.165) is 122 Å². The molecule has 0 heterocycles. The van der Waals surface area contributed by atoms with Crippen LogP contribution in [0.5, 0.6) is 0 Å². The van der Waals surface area contributed by atoms with E-state index in [1.54, 1.807) is 0 Å². The Kier molecular flexibility index (Phi) is 45.5. The van der Waals surface area contributed by atoms with Gasteiger partial charge in [-0.05, 0) is 89.9 Å². The summed E-state index contributed by atoms with van der Waals surface area (Å²) in [5.74, 6) is -0.953. The highest BCUT2D eigenvalue weighted by molar-refractivity contribution is 5.71. The zero-order chi connectivity index (χ0) is 43.7. The second kappa shape index (κ2) is 48.3. The molecule has 1 unspecified atom stereocenters. The van der Waals surface area contributed by atoms with Crippen molar-refractivity contribution in [1.82, 2.24) is 0 Å². The Balaban J connectivity index is 4.46. The lowest BCUT2D eigenvalue weighted by molar-refractivity contribution is -0.167. The molecule has 0 radical (unpaired) electrons. The van der Waals surface area contributed by atoms with Gasteiger partial charge in [-0.25, -0.2) is 0 Å². The maximum atomic E-state index is 12.7. The van der Waals surface area contributed by atoms with Gasteiger partial charge in [-0.1, -0.05) is 196 Å². The molecule has 0 amide bonds. The van der Waals surface area contributed by atoms with Gasteiger partial charge in [0.05, 0.1) is 0 Å². The van der Waals surface area contributed by atoms with Crippen molar-refractivity contribution in [3.8, 4) is 0 Å². The minimum absolute atomic E-state index is 0.0957. The van der Waals surface area contributed by atoms with E-state index >= 15 is 0 Å². The average Bonchev–Trinajstić information content (AvgIpc) is 3.24. The lowest BCUT2D eigenvalue weighted by atomic mass is 10.0. The summed E-state index contributed by atoms with van der Waals surface area (Å²) in [5, 5.41) is 0. The van der Waals surface area contributed by atoms with Gasteiger partial charge < -0.3 is 14.2 Å². The topological polar surface area (TPSA) is 78.9 Å². The molecule has 0 spiro atoms. The van der Waals surface area contributed by atoms with Crippen LogP contribution >= 0.6 is 0 Å². The van der Waals surface area contributed by atoms with Crippen molar-refractivity contribution in [2.75, 3.05) is 13.2 Å². The van der Waals surface area contributed by atoms with Crippen molar-refractivity contribution in [1.29, 1.82) is 0 Å². The molecule has 0 aliphatic carbocycles. The molecule has 0 fully saturated rings. The van der Waals surface area contributed by atoms with Gasteiger partial charge >= 0.3 is 17.9 Å².